The highest BCUT2D eigenvalue weighted by molar-refractivity contribution is 7.08. The number of likely N-dealkylation sites (tertiary alicyclic amines) is 1. The monoisotopic (exact) mass is 374 g/mol. The molecule has 4 heterocycles. The van der Waals surface area contributed by atoms with E-state index in [1.54, 1.807) is 11.3 Å². The number of rotatable bonds is 5. The third-order valence-corrected chi connectivity index (χ3v) is 6.08. The zero-order chi connectivity index (χ0) is 17.8. The van der Waals surface area contributed by atoms with Gasteiger partial charge in [0.1, 0.15) is 5.69 Å². The van der Waals surface area contributed by atoms with E-state index in [4.69, 9.17) is 4.74 Å². The van der Waals surface area contributed by atoms with E-state index in [-0.39, 0.29) is 5.91 Å². The summed E-state index contributed by atoms with van der Waals surface area (Å²) in [5, 5.41) is 11.4. The summed E-state index contributed by atoms with van der Waals surface area (Å²) in [7, 11) is 0. The van der Waals surface area contributed by atoms with Crippen LogP contribution < -0.4 is 0 Å². The van der Waals surface area contributed by atoms with Gasteiger partial charge in [0.05, 0.1) is 18.9 Å². The number of hydrogen-bond acceptors (Lipinski definition) is 5. The molecule has 0 aromatic carbocycles. The number of aromatic amines is 1. The van der Waals surface area contributed by atoms with Crippen LogP contribution in [-0.2, 0) is 4.74 Å². The standard InChI is InChI=1S/C19H26N4O2S/c24-19(18-13-17(20-21-18)15-5-12-26-14-15)23-6-2-1-3-16(23)4-7-22-8-10-25-11-9-22/h5,12-14,16H,1-4,6-11H2,(H,20,21)/t16-/m0/s1. The number of piperidine rings is 1. The Hall–Kier alpha value is -1.70. The molecule has 2 aliphatic heterocycles. The number of carbonyl (C=O) groups excluding carboxylic acids is 1. The lowest BCUT2D eigenvalue weighted by Crippen LogP contribution is -2.46. The van der Waals surface area contributed by atoms with Gasteiger partial charge in [-0.3, -0.25) is 14.8 Å². The Bertz CT molecular complexity index is 709. The van der Waals surface area contributed by atoms with Gasteiger partial charge in [-0.15, -0.1) is 0 Å². The van der Waals surface area contributed by atoms with E-state index in [0.717, 1.165) is 69.9 Å². The summed E-state index contributed by atoms with van der Waals surface area (Å²) in [5.74, 6) is 0.0886. The molecular formula is C19H26N4O2S. The van der Waals surface area contributed by atoms with Crippen molar-refractivity contribution in [2.45, 2.75) is 31.7 Å². The average Bonchev–Trinajstić information content (AvgIpc) is 3.38. The van der Waals surface area contributed by atoms with E-state index >= 15 is 0 Å². The maximum atomic E-state index is 13.1. The van der Waals surface area contributed by atoms with Crippen LogP contribution in [0.15, 0.2) is 22.9 Å². The lowest BCUT2D eigenvalue weighted by atomic mass is 9.98. The highest BCUT2D eigenvalue weighted by Gasteiger charge is 2.29. The normalized spacial score (nSPS) is 21.8. The van der Waals surface area contributed by atoms with Gasteiger partial charge in [0.2, 0.25) is 0 Å². The van der Waals surface area contributed by atoms with Crippen molar-refractivity contribution >= 4 is 17.2 Å². The molecule has 0 bridgehead atoms. The van der Waals surface area contributed by atoms with Crippen molar-refractivity contribution in [1.29, 1.82) is 0 Å². The van der Waals surface area contributed by atoms with Gasteiger partial charge >= 0.3 is 0 Å². The van der Waals surface area contributed by atoms with E-state index in [0.29, 0.717) is 11.7 Å². The Morgan fingerprint density at radius 1 is 1.31 bits per heavy atom. The number of ether oxygens (including phenoxy) is 1. The van der Waals surface area contributed by atoms with Crippen LogP contribution in [-0.4, -0.2) is 71.3 Å². The van der Waals surface area contributed by atoms with Crippen molar-refractivity contribution in [3.05, 3.63) is 28.6 Å². The quantitative estimate of drug-likeness (QED) is 0.874. The van der Waals surface area contributed by atoms with Crippen LogP contribution in [0.5, 0.6) is 0 Å². The van der Waals surface area contributed by atoms with Gasteiger partial charge in [-0.2, -0.15) is 16.4 Å². The minimum Gasteiger partial charge on any atom is -0.379 e. The van der Waals surface area contributed by atoms with Gasteiger partial charge in [0, 0.05) is 43.2 Å². The maximum absolute atomic E-state index is 13.1. The van der Waals surface area contributed by atoms with Crippen molar-refractivity contribution in [1.82, 2.24) is 20.0 Å². The molecule has 2 aliphatic rings. The van der Waals surface area contributed by atoms with Crippen molar-refractivity contribution in [2.75, 3.05) is 39.4 Å². The van der Waals surface area contributed by atoms with Gasteiger partial charge in [0.25, 0.3) is 5.91 Å². The molecule has 1 N–H and O–H groups in total. The molecular weight excluding hydrogens is 348 g/mol. The van der Waals surface area contributed by atoms with Crippen LogP contribution in [0.25, 0.3) is 11.3 Å². The van der Waals surface area contributed by atoms with Crippen LogP contribution in [0.2, 0.25) is 0 Å². The Labute approximate surface area is 158 Å². The number of thiophene rings is 1. The van der Waals surface area contributed by atoms with Crippen molar-refractivity contribution < 1.29 is 9.53 Å². The van der Waals surface area contributed by atoms with Gasteiger partial charge < -0.3 is 9.64 Å². The highest BCUT2D eigenvalue weighted by Crippen LogP contribution is 2.25. The number of nitrogens with zero attached hydrogens (tertiary/aromatic N) is 3. The number of morpholine rings is 1. The molecule has 1 atom stereocenters. The Morgan fingerprint density at radius 2 is 2.19 bits per heavy atom. The molecule has 0 aliphatic carbocycles. The van der Waals surface area contributed by atoms with E-state index < -0.39 is 0 Å². The third-order valence-electron chi connectivity index (χ3n) is 5.40. The molecule has 1 amide bonds. The van der Waals surface area contributed by atoms with Crippen LogP contribution >= 0.6 is 11.3 Å². The highest BCUT2D eigenvalue weighted by atomic mass is 32.1. The number of aromatic nitrogens is 2. The molecule has 6 nitrogen and oxygen atoms in total. The molecule has 0 unspecified atom stereocenters. The van der Waals surface area contributed by atoms with Crippen molar-refractivity contribution in [3.8, 4) is 11.3 Å². The van der Waals surface area contributed by atoms with Crippen molar-refractivity contribution in [3.63, 3.8) is 0 Å². The molecule has 0 radical (unpaired) electrons. The first kappa shape index (κ1) is 17.7. The molecule has 4 rings (SSSR count). The summed E-state index contributed by atoms with van der Waals surface area (Å²) in [4.78, 5) is 17.6. The summed E-state index contributed by atoms with van der Waals surface area (Å²) in [6.07, 6.45) is 4.44. The van der Waals surface area contributed by atoms with E-state index in [9.17, 15) is 4.79 Å². The molecule has 26 heavy (non-hydrogen) atoms. The Morgan fingerprint density at radius 3 is 3.00 bits per heavy atom. The minimum atomic E-state index is 0.0886. The fraction of sp³-hybridized carbons (Fsp3) is 0.579. The number of carbonyl (C=O) groups is 1. The predicted molar refractivity (Wildman–Crippen MR) is 102 cm³/mol. The summed E-state index contributed by atoms with van der Waals surface area (Å²) < 4.78 is 5.43. The third kappa shape index (κ3) is 4.00. The predicted octanol–water partition coefficient (Wildman–Crippen LogP) is 2.86. The van der Waals surface area contributed by atoms with Gasteiger partial charge in [-0.1, -0.05) is 0 Å². The first-order valence-electron chi connectivity index (χ1n) is 9.50. The van der Waals surface area contributed by atoms with Crippen LogP contribution in [0, 0.1) is 0 Å². The molecule has 2 aromatic rings. The SMILES string of the molecule is O=C(c1cc(-c2ccsc2)n[nH]1)N1CCCC[C@H]1CCN1CCOCC1. The Kier molecular flexibility index (Phi) is 5.67. The first-order chi connectivity index (χ1) is 12.8. The van der Waals surface area contributed by atoms with Crippen LogP contribution in [0.3, 0.4) is 0 Å². The number of H-pyrrole nitrogens is 1. The summed E-state index contributed by atoms with van der Waals surface area (Å²) in [6.45, 7) is 5.55. The van der Waals surface area contributed by atoms with Crippen molar-refractivity contribution in [2.24, 2.45) is 0 Å². The minimum absolute atomic E-state index is 0.0886. The fourth-order valence-electron chi connectivity index (χ4n) is 3.87. The topological polar surface area (TPSA) is 61.5 Å². The van der Waals surface area contributed by atoms with E-state index in [2.05, 4.69) is 25.4 Å². The molecule has 0 spiro atoms. The van der Waals surface area contributed by atoms with Gasteiger partial charge in [-0.25, -0.2) is 0 Å². The smallest absolute Gasteiger partial charge is 0.272 e. The zero-order valence-corrected chi connectivity index (χ0v) is 15.8. The molecule has 0 saturated carbocycles. The molecule has 2 fully saturated rings. The second kappa shape index (κ2) is 8.33. The lowest BCUT2D eigenvalue weighted by molar-refractivity contribution is 0.0295. The second-order valence-electron chi connectivity index (χ2n) is 7.07. The first-order valence-corrected chi connectivity index (χ1v) is 10.4. The lowest BCUT2D eigenvalue weighted by Gasteiger charge is -2.37. The van der Waals surface area contributed by atoms with Crippen LogP contribution in [0.1, 0.15) is 36.2 Å². The van der Waals surface area contributed by atoms with E-state index in [1.165, 1.54) is 6.42 Å². The van der Waals surface area contributed by atoms with Gasteiger partial charge in [-0.05, 0) is 43.2 Å². The number of hydrogen-bond donors (Lipinski definition) is 1. The summed E-state index contributed by atoms with van der Waals surface area (Å²) >= 11 is 1.64. The summed E-state index contributed by atoms with van der Waals surface area (Å²) in [6, 6.07) is 4.24. The average molecular weight is 375 g/mol. The molecule has 7 heteroatoms. The largest absolute Gasteiger partial charge is 0.379 e. The second-order valence-corrected chi connectivity index (χ2v) is 7.85. The zero-order valence-electron chi connectivity index (χ0n) is 15.0. The summed E-state index contributed by atoms with van der Waals surface area (Å²) in [5.41, 5.74) is 2.51. The van der Waals surface area contributed by atoms with E-state index in [1.807, 2.05) is 17.5 Å². The maximum Gasteiger partial charge on any atom is 0.272 e. The fourth-order valence-corrected chi connectivity index (χ4v) is 4.52. The molecule has 2 saturated heterocycles. The number of amides is 1. The van der Waals surface area contributed by atoms with Gasteiger partial charge in [0.15, 0.2) is 0 Å². The van der Waals surface area contributed by atoms with Crippen LogP contribution in [0.4, 0.5) is 0 Å². The number of nitrogens with one attached hydrogen (secondary N) is 1. The Balaban J connectivity index is 1.41. The molecule has 140 valence electrons. The molecule has 2 aromatic heterocycles.